The third kappa shape index (κ3) is 2.92. The third-order valence-corrected chi connectivity index (χ3v) is 3.02. The number of rotatable bonds is 4. The van der Waals surface area contributed by atoms with Crippen molar-refractivity contribution in [1.29, 1.82) is 0 Å². The normalized spacial score (nSPS) is 30.9. The van der Waals surface area contributed by atoms with E-state index in [0.717, 1.165) is 26.2 Å². The monoisotopic (exact) mass is 202 g/mol. The maximum absolute atomic E-state index is 8.90. The van der Waals surface area contributed by atoms with E-state index in [1.165, 1.54) is 0 Å². The Bertz CT molecular complexity index is 148. The summed E-state index contributed by atoms with van der Waals surface area (Å²) < 4.78 is 0. The molecule has 1 rings (SSSR count). The Balaban J connectivity index is 2.44. The molecule has 4 nitrogen and oxygen atoms in total. The second-order valence-electron chi connectivity index (χ2n) is 4.14. The van der Waals surface area contributed by atoms with Crippen molar-refractivity contribution in [2.45, 2.75) is 25.9 Å². The Labute approximate surface area is 86.1 Å². The largest absolute Gasteiger partial charge is 0.395 e. The van der Waals surface area contributed by atoms with E-state index in [-0.39, 0.29) is 13.2 Å². The average Bonchev–Trinajstić information content (AvgIpc) is 2.14. The van der Waals surface area contributed by atoms with Gasteiger partial charge in [-0.05, 0) is 13.8 Å². The fourth-order valence-corrected chi connectivity index (χ4v) is 2.15. The first-order chi connectivity index (χ1) is 6.69. The van der Waals surface area contributed by atoms with Crippen molar-refractivity contribution in [3.8, 4) is 0 Å². The van der Waals surface area contributed by atoms with Crippen molar-refractivity contribution in [1.82, 2.24) is 9.80 Å². The molecule has 0 saturated carbocycles. The molecule has 0 amide bonds. The van der Waals surface area contributed by atoms with Gasteiger partial charge in [0.2, 0.25) is 0 Å². The Kier molecular flexibility index (Phi) is 4.81. The molecule has 2 atom stereocenters. The van der Waals surface area contributed by atoms with E-state index in [0.29, 0.717) is 12.1 Å². The molecule has 1 saturated heterocycles. The molecule has 0 aromatic heterocycles. The van der Waals surface area contributed by atoms with Crippen LogP contribution >= 0.6 is 0 Å². The number of nitrogens with zero attached hydrogens (tertiary/aromatic N) is 2. The van der Waals surface area contributed by atoms with Crippen molar-refractivity contribution in [3.63, 3.8) is 0 Å². The van der Waals surface area contributed by atoms with Crippen LogP contribution < -0.4 is 0 Å². The zero-order chi connectivity index (χ0) is 10.6. The number of hydrogen-bond donors (Lipinski definition) is 2. The fraction of sp³-hybridized carbons (Fsp3) is 1.00. The predicted molar refractivity (Wildman–Crippen MR) is 56.2 cm³/mol. The summed E-state index contributed by atoms with van der Waals surface area (Å²) in [7, 11) is 0. The molecule has 0 aromatic carbocycles. The summed E-state index contributed by atoms with van der Waals surface area (Å²) in [6, 6.07) is 0.954. The molecule has 2 N–H and O–H groups in total. The lowest BCUT2D eigenvalue weighted by Crippen LogP contribution is -2.57. The van der Waals surface area contributed by atoms with Gasteiger partial charge in [-0.2, -0.15) is 0 Å². The van der Waals surface area contributed by atoms with Gasteiger partial charge in [-0.1, -0.05) is 0 Å². The van der Waals surface area contributed by atoms with Crippen LogP contribution in [0.2, 0.25) is 0 Å². The first kappa shape index (κ1) is 11.9. The van der Waals surface area contributed by atoms with Crippen LogP contribution in [0, 0.1) is 0 Å². The summed E-state index contributed by atoms with van der Waals surface area (Å²) in [5.41, 5.74) is 0. The molecule has 14 heavy (non-hydrogen) atoms. The number of aliphatic hydroxyl groups excluding tert-OH is 2. The molecule has 4 heteroatoms. The molecule has 0 radical (unpaired) electrons. The third-order valence-electron chi connectivity index (χ3n) is 3.02. The van der Waals surface area contributed by atoms with Crippen molar-refractivity contribution < 1.29 is 10.2 Å². The molecule has 1 fully saturated rings. The maximum atomic E-state index is 8.90. The summed E-state index contributed by atoms with van der Waals surface area (Å²) in [4.78, 5) is 4.61. The molecule has 0 aromatic rings. The van der Waals surface area contributed by atoms with Gasteiger partial charge in [0, 0.05) is 38.3 Å². The Morgan fingerprint density at radius 3 is 1.57 bits per heavy atom. The van der Waals surface area contributed by atoms with Gasteiger partial charge in [-0.25, -0.2) is 0 Å². The average molecular weight is 202 g/mol. The molecule has 1 aliphatic heterocycles. The van der Waals surface area contributed by atoms with Crippen LogP contribution in [0.25, 0.3) is 0 Å². The fourth-order valence-electron chi connectivity index (χ4n) is 2.15. The van der Waals surface area contributed by atoms with Crippen LogP contribution in [0.15, 0.2) is 0 Å². The van der Waals surface area contributed by atoms with E-state index in [1.807, 2.05) is 0 Å². The lowest BCUT2D eigenvalue weighted by Gasteiger charge is -2.43. The quantitative estimate of drug-likeness (QED) is 0.637. The predicted octanol–water partition coefficient (Wildman–Crippen LogP) is -0.634. The van der Waals surface area contributed by atoms with Gasteiger partial charge in [0.1, 0.15) is 0 Å². The summed E-state index contributed by atoms with van der Waals surface area (Å²) in [5, 5.41) is 17.8. The smallest absolute Gasteiger partial charge is 0.0558 e. The van der Waals surface area contributed by atoms with Crippen molar-refractivity contribution >= 4 is 0 Å². The van der Waals surface area contributed by atoms with Gasteiger partial charge in [0.15, 0.2) is 0 Å². The van der Waals surface area contributed by atoms with Crippen molar-refractivity contribution in [2.75, 3.05) is 39.4 Å². The highest BCUT2D eigenvalue weighted by Gasteiger charge is 2.27. The zero-order valence-electron chi connectivity index (χ0n) is 9.19. The van der Waals surface area contributed by atoms with Crippen molar-refractivity contribution in [2.24, 2.45) is 0 Å². The molecular formula is C10H22N2O2. The highest BCUT2D eigenvalue weighted by molar-refractivity contribution is 4.84. The first-order valence-electron chi connectivity index (χ1n) is 5.38. The van der Waals surface area contributed by atoms with Crippen LogP contribution in [0.4, 0.5) is 0 Å². The summed E-state index contributed by atoms with van der Waals surface area (Å²) in [6.07, 6.45) is 0. The second-order valence-corrected chi connectivity index (χ2v) is 4.14. The topological polar surface area (TPSA) is 46.9 Å². The van der Waals surface area contributed by atoms with Crippen LogP contribution in [-0.2, 0) is 0 Å². The summed E-state index contributed by atoms with van der Waals surface area (Å²) in [5.74, 6) is 0. The zero-order valence-corrected chi connectivity index (χ0v) is 9.19. The highest BCUT2D eigenvalue weighted by Crippen LogP contribution is 2.13. The van der Waals surface area contributed by atoms with E-state index < -0.39 is 0 Å². The minimum Gasteiger partial charge on any atom is -0.395 e. The molecule has 0 spiro atoms. The first-order valence-corrected chi connectivity index (χ1v) is 5.38. The Morgan fingerprint density at radius 2 is 1.29 bits per heavy atom. The van der Waals surface area contributed by atoms with Gasteiger partial charge in [0.05, 0.1) is 13.2 Å². The minimum atomic E-state index is 0.233. The lowest BCUT2D eigenvalue weighted by atomic mass is 10.1. The standard InChI is InChI=1S/C10H22N2O2/c1-9-7-12(4-6-14)10(2)8-11(9)3-5-13/h9-10,13-14H,3-8H2,1-2H3/t9-,10+. The van der Waals surface area contributed by atoms with E-state index in [2.05, 4.69) is 23.6 Å². The lowest BCUT2D eigenvalue weighted by molar-refractivity contribution is 0.0242. The molecular weight excluding hydrogens is 180 g/mol. The van der Waals surface area contributed by atoms with Gasteiger partial charge in [-0.3, -0.25) is 9.80 Å². The van der Waals surface area contributed by atoms with Crippen LogP contribution in [0.1, 0.15) is 13.8 Å². The van der Waals surface area contributed by atoms with Crippen LogP contribution in [0.5, 0.6) is 0 Å². The molecule has 0 aliphatic carbocycles. The Hall–Kier alpha value is -0.160. The number of aliphatic hydroxyl groups is 2. The van der Waals surface area contributed by atoms with E-state index >= 15 is 0 Å². The minimum absolute atomic E-state index is 0.233. The van der Waals surface area contributed by atoms with E-state index in [9.17, 15) is 0 Å². The molecule has 0 unspecified atom stereocenters. The maximum Gasteiger partial charge on any atom is 0.0558 e. The number of piperazine rings is 1. The Morgan fingerprint density at radius 1 is 0.929 bits per heavy atom. The van der Waals surface area contributed by atoms with Crippen LogP contribution in [0.3, 0.4) is 0 Å². The number of β-amino-alcohol motifs (C(OH)–C–C–N with tert-alkyl or cyclic N) is 2. The van der Waals surface area contributed by atoms with Gasteiger partial charge in [-0.15, -0.1) is 0 Å². The van der Waals surface area contributed by atoms with E-state index in [1.54, 1.807) is 0 Å². The second kappa shape index (κ2) is 5.66. The molecule has 1 heterocycles. The SMILES string of the molecule is C[C@@H]1CN(CCO)[C@@H](C)CN1CCO. The van der Waals surface area contributed by atoms with Gasteiger partial charge in [0.25, 0.3) is 0 Å². The number of hydrogen-bond acceptors (Lipinski definition) is 4. The summed E-state index contributed by atoms with van der Waals surface area (Å²) >= 11 is 0. The highest BCUT2D eigenvalue weighted by atomic mass is 16.3. The van der Waals surface area contributed by atoms with Gasteiger partial charge >= 0.3 is 0 Å². The molecule has 84 valence electrons. The van der Waals surface area contributed by atoms with Gasteiger partial charge < -0.3 is 10.2 Å². The molecule has 1 aliphatic rings. The van der Waals surface area contributed by atoms with Crippen LogP contribution in [-0.4, -0.2) is 71.5 Å². The van der Waals surface area contributed by atoms with Crippen molar-refractivity contribution in [3.05, 3.63) is 0 Å². The molecule has 0 bridgehead atoms. The van der Waals surface area contributed by atoms with E-state index in [4.69, 9.17) is 10.2 Å². The summed E-state index contributed by atoms with van der Waals surface area (Å²) in [6.45, 7) is 8.31.